The van der Waals surface area contributed by atoms with E-state index in [4.69, 9.17) is 25.8 Å². The predicted octanol–water partition coefficient (Wildman–Crippen LogP) is 6.04. The molecule has 0 aliphatic rings. The molecule has 0 aliphatic carbocycles. The molecule has 0 aromatic heterocycles. The van der Waals surface area contributed by atoms with Crippen molar-refractivity contribution >= 4 is 29.7 Å². The Labute approximate surface area is 199 Å². The average Bonchev–Trinajstić information content (AvgIpc) is 2.66. The summed E-state index contributed by atoms with van der Waals surface area (Å²) >= 11 is 6.20. The van der Waals surface area contributed by atoms with Crippen molar-refractivity contribution in [2.24, 2.45) is 4.99 Å². The number of benzene rings is 2. The maximum Gasteiger partial charge on any atom is 0.414 e. The minimum absolute atomic E-state index is 0.0849. The number of carbonyl (C=O) groups is 2. The molecule has 0 fully saturated rings. The fourth-order valence-electron chi connectivity index (χ4n) is 2.46. The van der Waals surface area contributed by atoms with Crippen molar-refractivity contribution in [3.05, 3.63) is 59.1 Å². The highest BCUT2D eigenvalue weighted by atomic mass is 35.5. The summed E-state index contributed by atoms with van der Waals surface area (Å²) in [7, 11) is 0. The minimum Gasteiger partial charge on any atom is -0.455 e. The summed E-state index contributed by atoms with van der Waals surface area (Å²) in [5, 5.41) is 5.37. The summed E-state index contributed by atoms with van der Waals surface area (Å²) in [6, 6.07) is 14.3. The maximum atomic E-state index is 12.2. The second-order valence-electron chi connectivity index (χ2n) is 9.06. The standard InChI is InChI=1S/C24H30ClN3O5/c1-23(2,3)32-21(29)27-20(28-22(30)33-24(4,5)6)26-15-16-11-7-9-13-18(16)31-19-14-10-8-12-17(19)25/h7-14H,15H2,1-6H3,(H2,26,27,28,29,30). The van der Waals surface area contributed by atoms with Crippen LogP contribution in [0, 0.1) is 0 Å². The van der Waals surface area contributed by atoms with Gasteiger partial charge >= 0.3 is 12.2 Å². The van der Waals surface area contributed by atoms with Gasteiger partial charge in [0.2, 0.25) is 5.96 Å². The van der Waals surface area contributed by atoms with E-state index in [0.29, 0.717) is 22.1 Å². The van der Waals surface area contributed by atoms with E-state index in [2.05, 4.69) is 15.6 Å². The van der Waals surface area contributed by atoms with E-state index in [1.807, 2.05) is 30.3 Å². The largest absolute Gasteiger partial charge is 0.455 e. The molecule has 2 amide bonds. The van der Waals surface area contributed by atoms with E-state index >= 15 is 0 Å². The molecule has 0 saturated carbocycles. The third-order valence-corrected chi connectivity index (χ3v) is 3.99. The molecule has 0 radical (unpaired) electrons. The summed E-state index contributed by atoms with van der Waals surface area (Å²) in [5.74, 6) is 0.906. The van der Waals surface area contributed by atoms with Crippen molar-refractivity contribution < 1.29 is 23.8 Å². The number of carbonyl (C=O) groups excluding carboxylic acids is 2. The number of rotatable bonds is 4. The molecule has 0 saturated heterocycles. The highest BCUT2D eigenvalue weighted by molar-refractivity contribution is 6.32. The third kappa shape index (κ3) is 9.82. The monoisotopic (exact) mass is 475 g/mol. The fraction of sp³-hybridized carbons (Fsp3) is 0.375. The Kier molecular flexibility index (Phi) is 8.70. The number of aliphatic imine (C=N–C) groups is 1. The van der Waals surface area contributed by atoms with Crippen molar-refractivity contribution in [1.82, 2.24) is 10.6 Å². The van der Waals surface area contributed by atoms with Gasteiger partial charge in [0.1, 0.15) is 22.7 Å². The molecule has 2 aromatic rings. The molecule has 2 rings (SSSR count). The molecule has 8 nitrogen and oxygen atoms in total. The number of guanidine groups is 1. The van der Waals surface area contributed by atoms with Crippen LogP contribution in [0.25, 0.3) is 0 Å². The second kappa shape index (κ2) is 11.0. The van der Waals surface area contributed by atoms with E-state index in [0.717, 1.165) is 0 Å². The number of para-hydroxylation sites is 2. The van der Waals surface area contributed by atoms with Crippen molar-refractivity contribution in [3.63, 3.8) is 0 Å². The normalized spacial score (nSPS) is 11.2. The fourth-order valence-corrected chi connectivity index (χ4v) is 2.63. The number of hydrogen-bond acceptors (Lipinski definition) is 6. The van der Waals surface area contributed by atoms with Crippen LogP contribution in [0.5, 0.6) is 11.5 Å². The Morgan fingerprint density at radius 2 is 1.30 bits per heavy atom. The van der Waals surface area contributed by atoms with Gasteiger partial charge in [0.15, 0.2) is 0 Å². The molecular weight excluding hydrogens is 446 g/mol. The second-order valence-corrected chi connectivity index (χ2v) is 9.47. The Balaban J connectivity index is 2.24. The molecule has 0 unspecified atom stereocenters. The highest BCUT2D eigenvalue weighted by Crippen LogP contribution is 2.31. The number of amides is 2. The Hall–Kier alpha value is -3.26. The summed E-state index contributed by atoms with van der Waals surface area (Å²) in [6.07, 6.45) is -1.53. The van der Waals surface area contributed by atoms with Crippen LogP contribution in [0.1, 0.15) is 47.1 Å². The van der Waals surface area contributed by atoms with Gasteiger partial charge in [0.25, 0.3) is 0 Å². The first-order valence-corrected chi connectivity index (χ1v) is 10.7. The SMILES string of the molecule is CC(C)(C)OC(=O)NC(=NCc1ccccc1Oc1ccccc1Cl)NC(=O)OC(C)(C)C. The van der Waals surface area contributed by atoms with E-state index < -0.39 is 23.4 Å². The number of alkyl carbamates (subject to hydrolysis) is 2. The average molecular weight is 476 g/mol. The minimum atomic E-state index is -0.766. The van der Waals surface area contributed by atoms with Crippen LogP contribution >= 0.6 is 11.6 Å². The molecule has 2 N–H and O–H groups in total. The number of nitrogens with one attached hydrogen (secondary N) is 2. The molecule has 0 heterocycles. The van der Waals surface area contributed by atoms with E-state index in [9.17, 15) is 9.59 Å². The van der Waals surface area contributed by atoms with Crippen LogP contribution < -0.4 is 15.4 Å². The van der Waals surface area contributed by atoms with Crippen LogP contribution in [0.3, 0.4) is 0 Å². The van der Waals surface area contributed by atoms with E-state index in [1.54, 1.807) is 59.7 Å². The molecule has 0 spiro atoms. The van der Waals surface area contributed by atoms with Crippen LogP contribution in [0.2, 0.25) is 5.02 Å². The smallest absolute Gasteiger partial charge is 0.414 e. The lowest BCUT2D eigenvalue weighted by Crippen LogP contribution is -2.47. The van der Waals surface area contributed by atoms with Gasteiger partial charge in [-0.1, -0.05) is 41.9 Å². The first-order chi connectivity index (χ1) is 15.3. The molecule has 0 bridgehead atoms. The Bertz CT molecular complexity index is 978. The van der Waals surface area contributed by atoms with E-state index in [-0.39, 0.29) is 12.5 Å². The van der Waals surface area contributed by atoms with Gasteiger partial charge in [-0.2, -0.15) is 0 Å². The zero-order valence-corrected chi connectivity index (χ0v) is 20.4. The molecule has 0 atom stereocenters. The lowest BCUT2D eigenvalue weighted by Gasteiger charge is -2.22. The quantitative estimate of drug-likeness (QED) is 0.415. The van der Waals surface area contributed by atoms with Crippen molar-refractivity contribution in [2.45, 2.75) is 59.3 Å². The molecule has 2 aromatic carbocycles. The van der Waals surface area contributed by atoms with Gasteiger partial charge in [-0.25, -0.2) is 14.6 Å². The summed E-state index contributed by atoms with van der Waals surface area (Å²) in [5.41, 5.74) is -0.751. The number of nitrogens with zero attached hydrogens (tertiary/aromatic N) is 1. The van der Waals surface area contributed by atoms with Crippen LogP contribution in [-0.4, -0.2) is 29.3 Å². The van der Waals surface area contributed by atoms with Crippen LogP contribution in [0.4, 0.5) is 9.59 Å². The summed E-state index contributed by atoms with van der Waals surface area (Å²) in [6.45, 7) is 10.5. The maximum absolute atomic E-state index is 12.2. The van der Waals surface area contributed by atoms with Gasteiger partial charge in [-0.15, -0.1) is 0 Å². The summed E-state index contributed by atoms with van der Waals surface area (Å²) in [4.78, 5) is 28.8. The van der Waals surface area contributed by atoms with Gasteiger partial charge in [0.05, 0.1) is 11.6 Å². The van der Waals surface area contributed by atoms with Gasteiger partial charge < -0.3 is 14.2 Å². The molecule has 33 heavy (non-hydrogen) atoms. The number of hydrogen-bond donors (Lipinski definition) is 2. The first-order valence-electron chi connectivity index (χ1n) is 10.4. The number of halogens is 1. The van der Waals surface area contributed by atoms with E-state index in [1.165, 1.54) is 0 Å². The van der Waals surface area contributed by atoms with Crippen LogP contribution in [0.15, 0.2) is 53.5 Å². The zero-order valence-electron chi connectivity index (χ0n) is 19.7. The zero-order chi connectivity index (χ0) is 24.6. The predicted molar refractivity (Wildman–Crippen MR) is 128 cm³/mol. The van der Waals surface area contributed by atoms with Crippen molar-refractivity contribution in [1.29, 1.82) is 0 Å². The number of ether oxygens (including phenoxy) is 3. The Morgan fingerprint density at radius 1 is 0.818 bits per heavy atom. The van der Waals surface area contributed by atoms with Gasteiger partial charge in [0, 0.05) is 5.56 Å². The molecule has 0 aliphatic heterocycles. The lowest BCUT2D eigenvalue weighted by molar-refractivity contribution is 0.0545. The topological polar surface area (TPSA) is 98.3 Å². The first kappa shape index (κ1) is 26.0. The van der Waals surface area contributed by atoms with Gasteiger partial charge in [-0.3, -0.25) is 10.6 Å². The van der Waals surface area contributed by atoms with Crippen molar-refractivity contribution in [2.75, 3.05) is 0 Å². The summed E-state index contributed by atoms with van der Waals surface area (Å²) < 4.78 is 16.5. The van der Waals surface area contributed by atoms with Gasteiger partial charge in [-0.05, 0) is 59.7 Å². The van der Waals surface area contributed by atoms with Crippen LogP contribution in [-0.2, 0) is 16.0 Å². The molecule has 9 heteroatoms. The van der Waals surface area contributed by atoms with Crippen molar-refractivity contribution in [3.8, 4) is 11.5 Å². The molecular formula is C24H30ClN3O5. The third-order valence-electron chi connectivity index (χ3n) is 3.68. The highest BCUT2D eigenvalue weighted by Gasteiger charge is 2.21. The molecule has 178 valence electrons. The lowest BCUT2D eigenvalue weighted by atomic mass is 10.2. The Morgan fingerprint density at radius 3 is 1.82 bits per heavy atom.